The van der Waals surface area contributed by atoms with E-state index in [9.17, 15) is 18.0 Å². The molecule has 0 bridgehead atoms. The summed E-state index contributed by atoms with van der Waals surface area (Å²) in [4.78, 5) is 23.3. The van der Waals surface area contributed by atoms with Crippen molar-refractivity contribution in [2.45, 2.75) is 26.1 Å². The van der Waals surface area contributed by atoms with E-state index in [1.165, 1.54) is 24.8 Å². The Balaban J connectivity index is 2.00. The number of halogens is 3. The number of nitrogens with one attached hydrogen (secondary N) is 1. The van der Waals surface area contributed by atoms with Crippen LogP contribution in [0.4, 0.5) is 13.2 Å². The van der Waals surface area contributed by atoms with Gasteiger partial charge in [0.25, 0.3) is 5.91 Å². The molecule has 0 aliphatic carbocycles. The first kappa shape index (κ1) is 17.6. The molecule has 0 fully saturated rings. The number of amides is 1. The summed E-state index contributed by atoms with van der Waals surface area (Å²) >= 11 is 0. The predicted molar refractivity (Wildman–Crippen MR) is 78.4 cm³/mol. The molecule has 2 aromatic rings. The van der Waals surface area contributed by atoms with Gasteiger partial charge >= 0.3 is 6.18 Å². The second-order valence-electron chi connectivity index (χ2n) is 4.84. The average Bonchev–Trinajstić information content (AvgIpc) is 2.58. The number of aryl methyl sites for hydroxylation is 1. The maximum absolute atomic E-state index is 12.2. The van der Waals surface area contributed by atoms with E-state index in [1.807, 2.05) is 0 Å². The van der Waals surface area contributed by atoms with Gasteiger partial charge in [-0.2, -0.15) is 13.2 Å². The number of hydrogen-bond donors (Lipinski definition) is 1. The number of carbonyl (C=O) groups excluding carboxylic acids is 1. The van der Waals surface area contributed by atoms with Gasteiger partial charge in [-0.25, -0.2) is 15.0 Å². The van der Waals surface area contributed by atoms with Gasteiger partial charge < -0.3 is 10.1 Å². The fourth-order valence-electron chi connectivity index (χ4n) is 1.88. The van der Waals surface area contributed by atoms with Crippen LogP contribution in [-0.2, 0) is 13.0 Å². The largest absolute Gasteiger partial charge is 0.468 e. The second kappa shape index (κ2) is 7.71. The Bertz CT molecular complexity index is 693. The minimum Gasteiger partial charge on any atom is -0.468 e. The summed E-state index contributed by atoms with van der Waals surface area (Å²) < 4.78 is 41.4. The zero-order valence-corrected chi connectivity index (χ0v) is 12.8. The van der Waals surface area contributed by atoms with Crippen LogP contribution in [0.15, 0.2) is 30.9 Å². The summed E-state index contributed by atoms with van der Waals surface area (Å²) in [5.41, 5.74) is 1.40. The molecule has 2 rings (SSSR count). The summed E-state index contributed by atoms with van der Waals surface area (Å²) in [6, 6.07) is 3.12. The van der Waals surface area contributed by atoms with Crippen molar-refractivity contribution in [2.75, 3.05) is 6.61 Å². The molecule has 128 valence electrons. The van der Waals surface area contributed by atoms with Crippen LogP contribution in [0.3, 0.4) is 0 Å². The van der Waals surface area contributed by atoms with Crippen LogP contribution >= 0.6 is 0 Å². The Morgan fingerprint density at radius 1 is 1.33 bits per heavy atom. The third-order valence-corrected chi connectivity index (χ3v) is 3.00. The summed E-state index contributed by atoms with van der Waals surface area (Å²) in [6.45, 7) is 0.555. The van der Waals surface area contributed by atoms with Gasteiger partial charge in [-0.3, -0.25) is 4.79 Å². The second-order valence-corrected chi connectivity index (χ2v) is 4.84. The Labute approximate surface area is 136 Å². The Morgan fingerprint density at radius 3 is 2.75 bits per heavy atom. The van der Waals surface area contributed by atoms with Gasteiger partial charge in [0, 0.05) is 24.5 Å². The van der Waals surface area contributed by atoms with Crippen molar-refractivity contribution in [3.05, 3.63) is 47.7 Å². The molecule has 1 amide bonds. The molecule has 0 spiro atoms. The van der Waals surface area contributed by atoms with Gasteiger partial charge in [-0.1, -0.05) is 6.92 Å². The fraction of sp³-hybridized carbons (Fsp3) is 0.333. The molecule has 0 unspecified atom stereocenters. The summed E-state index contributed by atoms with van der Waals surface area (Å²) in [5.74, 6) is -0.437. The van der Waals surface area contributed by atoms with Crippen molar-refractivity contribution in [1.82, 2.24) is 20.3 Å². The molecule has 0 saturated heterocycles. The van der Waals surface area contributed by atoms with Crippen molar-refractivity contribution < 1.29 is 22.7 Å². The average molecular weight is 340 g/mol. The van der Waals surface area contributed by atoms with Gasteiger partial charge in [-0.15, -0.1) is 0 Å². The quantitative estimate of drug-likeness (QED) is 0.873. The standard InChI is InChI=1S/C15H15F3N4O2/c1-2-11-5-10(7-21-14(11)24-8-15(16,17)18)6-20-13(23)12-3-4-19-9-22-12/h3-5,7,9H,2,6,8H2,1H3,(H,20,23). The maximum Gasteiger partial charge on any atom is 0.422 e. The molecule has 6 nitrogen and oxygen atoms in total. The first-order valence-corrected chi connectivity index (χ1v) is 7.10. The smallest absolute Gasteiger partial charge is 0.422 e. The van der Waals surface area contributed by atoms with Crippen molar-refractivity contribution in [3.8, 4) is 5.88 Å². The zero-order valence-electron chi connectivity index (χ0n) is 12.8. The highest BCUT2D eigenvalue weighted by atomic mass is 19.4. The van der Waals surface area contributed by atoms with E-state index in [1.54, 1.807) is 13.0 Å². The molecule has 1 N–H and O–H groups in total. The lowest BCUT2D eigenvalue weighted by Crippen LogP contribution is -2.24. The molecule has 0 aromatic carbocycles. The van der Waals surface area contributed by atoms with E-state index in [2.05, 4.69) is 20.3 Å². The number of ether oxygens (including phenoxy) is 1. The number of alkyl halides is 3. The predicted octanol–water partition coefficient (Wildman–Crippen LogP) is 2.31. The number of nitrogens with zero attached hydrogens (tertiary/aromatic N) is 3. The molecule has 2 aromatic heterocycles. The summed E-state index contributed by atoms with van der Waals surface area (Å²) in [6.07, 6.45) is 0.111. The molecule has 24 heavy (non-hydrogen) atoms. The number of rotatable bonds is 6. The highest BCUT2D eigenvalue weighted by Crippen LogP contribution is 2.21. The molecule has 0 atom stereocenters. The van der Waals surface area contributed by atoms with Crippen LogP contribution in [0.2, 0.25) is 0 Å². The minimum atomic E-state index is -4.42. The number of aromatic nitrogens is 3. The van der Waals surface area contributed by atoms with Gasteiger partial charge in [0.2, 0.25) is 5.88 Å². The first-order valence-electron chi connectivity index (χ1n) is 7.10. The molecular formula is C15H15F3N4O2. The molecule has 0 saturated carbocycles. The Morgan fingerprint density at radius 2 is 2.12 bits per heavy atom. The molecule has 0 aliphatic rings. The molecular weight excluding hydrogens is 325 g/mol. The van der Waals surface area contributed by atoms with Crippen LogP contribution in [0.1, 0.15) is 28.5 Å². The normalized spacial score (nSPS) is 11.2. The van der Waals surface area contributed by atoms with Gasteiger partial charge in [0.1, 0.15) is 12.0 Å². The lowest BCUT2D eigenvalue weighted by Gasteiger charge is -2.12. The first-order chi connectivity index (χ1) is 11.4. The van der Waals surface area contributed by atoms with E-state index in [0.717, 1.165) is 0 Å². The summed E-state index contributed by atoms with van der Waals surface area (Å²) in [5, 5.41) is 2.65. The monoisotopic (exact) mass is 340 g/mol. The SMILES string of the molecule is CCc1cc(CNC(=O)c2ccncn2)cnc1OCC(F)(F)F. The topological polar surface area (TPSA) is 77.0 Å². The minimum absolute atomic E-state index is 0.0549. The van der Waals surface area contributed by atoms with E-state index in [0.29, 0.717) is 17.5 Å². The summed E-state index contributed by atoms with van der Waals surface area (Å²) in [7, 11) is 0. The Kier molecular flexibility index (Phi) is 5.67. The van der Waals surface area contributed by atoms with Crippen LogP contribution in [0.25, 0.3) is 0 Å². The van der Waals surface area contributed by atoms with Gasteiger partial charge in [0.05, 0.1) is 0 Å². The molecule has 9 heteroatoms. The number of hydrogen-bond acceptors (Lipinski definition) is 5. The zero-order chi connectivity index (χ0) is 17.6. The van der Waals surface area contributed by atoms with Crippen molar-refractivity contribution in [3.63, 3.8) is 0 Å². The van der Waals surface area contributed by atoms with Crippen LogP contribution in [-0.4, -0.2) is 33.6 Å². The van der Waals surface area contributed by atoms with Gasteiger partial charge in [0.15, 0.2) is 6.61 Å². The van der Waals surface area contributed by atoms with E-state index < -0.39 is 12.8 Å². The molecule has 2 heterocycles. The third-order valence-electron chi connectivity index (χ3n) is 3.00. The van der Waals surface area contributed by atoms with Crippen LogP contribution in [0.5, 0.6) is 5.88 Å². The molecule has 0 aliphatic heterocycles. The fourth-order valence-corrected chi connectivity index (χ4v) is 1.88. The third kappa shape index (κ3) is 5.18. The number of carbonyl (C=O) groups is 1. The highest BCUT2D eigenvalue weighted by molar-refractivity contribution is 5.91. The van der Waals surface area contributed by atoms with E-state index >= 15 is 0 Å². The molecule has 0 radical (unpaired) electrons. The van der Waals surface area contributed by atoms with Crippen LogP contribution < -0.4 is 10.1 Å². The van der Waals surface area contributed by atoms with Crippen LogP contribution in [0, 0.1) is 0 Å². The highest BCUT2D eigenvalue weighted by Gasteiger charge is 2.29. The lowest BCUT2D eigenvalue weighted by molar-refractivity contribution is -0.154. The van der Waals surface area contributed by atoms with Crippen molar-refractivity contribution in [1.29, 1.82) is 0 Å². The van der Waals surface area contributed by atoms with E-state index in [4.69, 9.17) is 4.74 Å². The van der Waals surface area contributed by atoms with E-state index in [-0.39, 0.29) is 24.0 Å². The Hall–Kier alpha value is -2.71. The maximum atomic E-state index is 12.2. The van der Waals surface area contributed by atoms with Crippen molar-refractivity contribution in [2.24, 2.45) is 0 Å². The van der Waals surface area contributed by atoms with Gasteiger partial charge in [-0.05, 0) is 24.1 Å². The lowest BCUT2D eigenvalue weighted by atomic mass is 10.1. The van der Waals surface area contributed by atoms with Crippen molar-refractivity contribution >= 4 is 5.91 Å². The number of pyridine rings is 1.